The minimum Gasteiger partial charge on any atom is -0.481 e. The van der Waals surface area contributed by atoms with E-state index in [9.17, 15) is 27.2 Å². The molecule has 1 aromatic rings. The third-order valence-corrected chi connectivity index (χ3v) is 3.22. The molecule has 0 radical (unpaired) electrons. The van der Waals surface area contributed by atoms with Crippen molar-refractivity contribution in [1.29, 1.82) is 0 Å². The number of halogens is 4. The summed E-state index contributed by atoms with van der Waals surface area (Å²) in [6.45, 7) is 5.20. The van der Waals surface area contributed by atoms with Crippen LogP contribution in [0.1, 0.15) is 34.1 Å². The summed E-state index contributed by atoms with van der Waals surface area (Å²) in [5, 5.41) is 8.77. The van der Waals surface area contributed by atoms with Gasteiger partial charge in [0.25, 0.3) is 0 Å². The zero-order valence-corrected chi connectivity index (χ0v) is 14.1. The molecule has 0 aliphatic heterocycles. The van der Waals surface area contributed by atoms with Crippen LogP contribution in [-0.2, 0) is 14.3 Å². The predicted molar refractivity (Wildman–Crippen MR) is 78.0 cm³/mol. The van der Waals surface area contributed by atoms with Crippen molar-refractivity contribution >= 4 is 11.9 Å². The first-order valence-electron chi connectivity index (χ1n) is 7.18. The molecular weight excluding hydrogens is 348 g/mol. The molecule has 0 spiro atoms. The van der Waals surface area contributed by atoms with Crippen LogP contribution in [0.25, 0.3) is 0 Å². The minimum absolute atomic E-state index is 0.00925. The van der Waals surface area contributed by atoms with Crippen molar-refractivity contribution in [3.8, 4) is 5.75 Å². The van der Waals surface area contributed by atoms with Gasteiger partial charge in [0.2, 0.25) is 17.4 Å². The molecule has 140 valence electrons. The molecule has 0 atom stereocenters. The molecule has 0 amide bonds. The molecule has 0 aliphatic carbocycles. The maximum Gasteiger partial charge on any atom is 0.319 e. The van der Waals surface area contributed by atoms with E-state index in [0.29, 0.717) is 0 Å². The molecule has 25 heavy (non-hydrogen) atoms. The number of benzene rings is 1. The van der Waals surface area contributed by atoms with E-state index in [0.717, 1.165) is 0 Å². The first-order chi connectivity index (χ1) is 11.3. The fraction of sp³-hybridized carbons (Fsp3) is 0.500. The molecule has 1 rings (SSSR count). The van der Waals surface area contributed by atoms with E-state index in [1.165, 1.54) is 27.7 Å². The molecule has 0 unspecified atom stereocenters. The zero-order valence-electron chi connectivity index (χ0n) is 14.1. The van der Waals surface area contributed by atoms with Crippen LogP contribution in [0.4, 0.5) is 17.6 Å². The summed E-state index contributed by atoms with van der Waals surface area (Å²) in [5.41, 5.74) is -2.59. The number of aliphatic carboxylic acids is 1. The Kier molecular flexibility index (Phi) is 6.17. The Bertz CT molecular complexity index is 659. The lowest BCUT2D eigenvalue weighted by Gasteiger charge is -2.29. The normalized spacial score (nSPS) is 12.2. The van der Waals surface area contributed by atoms with Gasteiger partial charge in [-0.15, -0.1) is 0 Å². The zero-order chi connectivity index (χ0) is 19.6. The van der Waals surface area contributed by atoms with Crippen LogP contribution in [0.15, 0.2) is 6.07 Å². The number of carbonyl (C=O) groups excluding carboxylic acids is 1. The quantitative estimate of drug-likeness (QED) is 0.346. The molecular formula is C16H18F4O5. The first-order valence-corrected chi connectivity index (χ1v) is 7.18. The molecule has 5 nitrogen and oxygen atoms in total. The monoisotopic (exact) mass is 366 g/mol. The Labute approximate surface area is 141 Å². The standard InChI is InChI=1S/C16H18F4O5/c1-15(2,7-24-16(3,4)6-10(21)22)14(23)25-13-11(19)8(17)5-9(18)12(13)20/h5H,6-7H2,1-4H3,(H,21,22). The summed E-state index contributed by atoms with van der Waals surface area (Å²) in [5.74, 6) is -10.9. The average molecular weight is 366 g/mol. The highest BCUT2D eigenvalue weighted by Gasteiger charge is 2.35. The van der Waals surface area contributed by atoms with E-state index in [1.54, 1.807) is 0 Å². The lowest BCUT2D eigenvalue weighted by Crippen LogP contribution is -2.38. The molecule has 0 bridgehead atoms. The van der Waals surface area contributed by atoms with E-state index >= 15 is 0 Å². The molecule has 1 aromatic carbocycles. The Balaban J connectivity index is 2.91. The van der Waals surface area contributed by atoms with Crippen molar-refractivity contribution in [2.45, 2.75) is 39.7 Å². The van der Waals surface area contributed by atoms with Crippen LogP contribution >= 0.6 is 0 Å². The smallest absolute Gasteiger partial charge is 0.319 e. The molecule has 9 heteroatoms. The summed E-state index contributed by atoms with van der Waals surface area (Å²) in [7, 11) is 0. The summed E-state index contributed by atoms with van der Waals surface area (Å²) < 4.78 is 63.2. The van der Waals surface area contributed by atoms with Crippen molar-refractivity contribution in [3.63, 3.8) is 0 Å². The fourth-order valence-corrected chi connectivity index (χ4v) is 1.72. The second-order valence-corrected chi connectivity index (χ2v) is 6.69. The van der Waals surface area contributed by atoms with Crippen molar-refractivity contribution in [2.24, 2.45) is 5.41 Å². The van der Waals surface area contributed by atoms with Gasteiger partial charge >= 0.3 is 11.9 Å². The largest absolute Gasteiger partial charge is 0.481 e. The maximum absolute atomic E-state index is 13.6. The maximum atomic E-state index is 13.6. The predicted octanol–water partition coefficient (Wildman–Crippen LogP) is 3.44. The first kappa shape index (κ1) is 20.9. The van der Waals surface area contributed by atoms with E-state index in [1.807, 2.05) is 0 Å². The van der Waals surface area contributed by atoms with E-state index < -0.39 is 52.0 Å². The van der Waals surface area contributed by atoms with Gasteiger partial charge in [0, 0.05) is 6.07 Å². The second-order valence-electron chi connectivity index (χ2n) is 6.69. The summed E-state index contributed by atoms with van der Waals surface area (Å²) >= 11 is 0. The number of carboxylic acid groups (broad SMARTS) is 1. The van der Waals surface area contributed by atoms with Crippen molar-refractivity contribution in [1.82, 2.24) is 0 Å². The van der Waals surface area contributed by atoms with E-state index in [-0.39, 0.29) is 19.1 Å². The van der Waals surface area contributed by atoms with Gasteiger partial charge in [0.05, 0.1) is 24.0 Å². The highest BCUT2D eigenvalue weighted by Crippen LogP contribution is 2.30. The van der Waals surface area contributed by atoms with Crippen LogP contribution < -0.4 is 4.74 Å². The summed E-state index contributed by atoms with van der Waals surface area (Å²) in [6.07, 6.45) is -0.351. The number of hydrogen-bond acceptors (Lipinski definition) is 4. The van der Waals surface area contributed by atoms with Gasteiger partial charge in [-0.1, -0.05) is 0 Å². The van der Waals surface area contributed by atoms with E-state index in [2.05, 4.69) is 4.74 Å². The second kappa shape index (κ2) is 7.38. The van der Waals surface area contributed by atoms with Gasteiger partial charge in [0.1, 0.15) is 0 Å². The van der Waals surface area contributed by atoms with Crippen LogP contribution in [0.2, 0.25) is 0 Å². The molecule has 0 aliphatic rings. The Hall–Kier alpha value is -2.16. The third-order valence-electron chi connectivity index (χ3n) is 3.22. The topological polar surface area (TPSA) is 72.8 Å². The summed E-state index contributed by atoms with van der Waals surface area (Å²) in [4.78, 5) is 22.8. The number of esters is 1. The van der Waals surface area contributed by atoms with Crippen LogP contribution in [0, 0.1) is 28.7 Å². The Morgan fingerprint density at radius 3 is 1.96 bits per heavy atom. The van der Waals surface area contributed by atoms with Crippen LogP contribution in [-0.4, -0.2) is 29.3 Å². The number of ether oxygens (including phenoxy) is 2. The lowest BCUT2D eigenvalue weighted by atomic mass is 9.94. The number of hydrogen-bond donors (Lipinski definition) is 1. The highest BCUT2D eigenvalue weighted by atomic mass is 19.2. The van der Waals surface area contributed by atoms with Gasteiger partial charge in [0.15, 0.2) is 11.6 Å². The van der Waals surface area contributed by atoms with Gasteiger partial charge in [-0.3, -0.25) is 9.59 Å². The SMILES string of the molecule is CC(C)(CC(=O)O)OCC(C)(C)C(=O)Oc1c(F)c(F)cc(F)c1F. The lowest BCUT2D eigenvalue weighted by molar-refractivity contribution is -0.155. The van der Waals surface area contributed by atoms with E-state index in [4.69, 9.17) is 9.84 Å². The van der Waals surface area contributed by atoms with Crippen LogP contribution in [0.3, 0.4) is 0 Å². The molecule has 0 fully saturated rings. The number of carbonyl (C=O) groups is 2. The number of carboxylic acids is 1. The van der Waals surface area contributed by atoms with Gasteiger partial charge in [-0.2, -0.15) is 8.78 Å². The molecule has 0 saturated heterocycles. The van der Waals surface area contributed by atoms with Gasteiger partial charge < -0.3 is 14.6 Å². The van der Waals surface area contributed by atoms with Crippen molar-refractivity contribution in [2.75, 3.05) is 6.61 Å². The average Bonchev–Trinajstić information content (AvgIpc) is 2.46. The van der Waals surface area contributed by atoms with Crippen LogP contribution in [0.5, 0.6) is 5.75 Å². The summed E-state index contributed by atoms with van der Waals surface area (Å²) in [6, 6.07) is -0.00925. The molecule has 0 aromatic heterocycles. The third kappa shape index (κ3) is 5.42. The fourth-order valence-electron chi connectivity index (χ4n) is 1.72. The van der Waals surface area contributed by atoms with Crippen molar-refractivity contribution in [3.05, 3.63) is 29.3 Å². The highest BCUT2D eigenvalue weighted by molar-refractivity contribution is 5.78. The van der Waals surface area contributed by atoms with Gasteiger partial charge in [-0.05, 0) is 27.7 Å². The molecule has 0 heterocycles. The van der Waals surface area contributed by atoms with Crippen molar-refractivity contribution < 1.29 is 41.7 Å². The Morgan fingerprint density at radius 2 is 1.52 bits per heavy atom. The van der Waals surface area contributed by atoms with Gasteiger partial charge in [-0.25, -0.2) is 8.78 Å². The minimum atomic E-state index is -1.84. The molecule has 0 saturated carbocycles. The number of rotatable bonds is 7. The Morgan fingerprint density at radius 1 is 1.04 bits per heavy atom. The molecule has 1 N–H and O–H groups in total.